The highest BCUT2D eigenvalue weighted by molar-refractivity contribution is 5.98. The van der Waals surface area contributed by atoms with Gasteiger partial charge in [0.05, 0.1) is 6.42 Å². The van der Waals surface area contributed by atoms with Crippen molar-refractivity contribution in [2.45, 2.75) is 6.42 Å². The van der Waals surface area contributed by atoms with Crippen LogP contribution in [0.15, 0.2) is 24.3 Å². The van der Waals surface area contributed by atoms with Crippen LogP contribution in [-0.2, 0) is 11.2 Å². The second-order valence-electron chi connectivity index (χ2n) is 3.56. The Balaban J connectivity index is 0.000000138. The lowest BCUT2D eigenvalue weighted by Crippen LogP contribution is -2.20. The predicted octanol–water partition coefficient (Wildman–Crippen LogP) is 0.480. The lowest BCUT2D eigenvalue weighted by atomic mass is 10.2. The van der Waals surface area contributed by atoms with Gasteiger partial charge in [0.2, 0.25) is 5.91 Å². The van der Waals surface area contributed by atoms with Crippen LogP contribution in [0.4, 0.5) is 10.5 Å². The molecule has 0 spiro atoms. The molecule has 0 saturated carbocycles. The van der Waals surface area contributed by atoms with E-state index in [9.17, 15) is 9.59 Å². The molecule has 16 heavy (non-hydrogen) atoms. The number of hydrogen-bond donors (Lipinski definition) is 3. The van der Waals surface area contributed by atoms with Gasteiger partial charge in [0.15, 0.2) is 0 Å². The van der Waals surface area contributed by atoms with Crippen LogP contribution in [0.2, 0.25) is 0 Å². The summed E-state index contributed by atoms with van der Waals surface area (Å²) in [5.74, 6) is 0.0983. The number of anilines is 1. The van der Waals surface area contributed by atoms with Gasteiger partial charge in [-0.25, -0.2) is 4.79 Å². The second kappa shape index (κ2) is 4.65. The Hall–Kier alpha value is -2.04. The number of fused-ring (bicyclic) bond motifs is 1. The summed E-state index contributed by atoms with van der Waals surface area (Å²) < 4.78 is 0. The molecule has 0 bridgehead atoms. The molecule has 0 aromatic heterocycles. The maximum atomic E-state index is 10.8. The number of carbonyl (C=O) groups excluding carboxylic acids is 2. The molecule has 1 aromatic carbocycles. The van der Waals surface area contributed by atoms with Crippen LogP contribution >= 0.6 is 0 Å². The molecule has 1 aromatic rings. The van der Waals surface area contributed by atoms with Gasteiger partial charge in [-0.15, -0.1) is 0 Å². The van der Waals surface area contributed by atoms with E-state index in [-0.39, 0.29) is 11.9 Å². The zero-order valence-corrected chi connectivity index (χ0v) is 8.75. The Morgan fingerprint density at radius 1 is 1.00 bits per heavy atom. The van der Waals surface area contributed by atoms with Crippen LogP contribution in [0, 0.1) is 0 Å². The SMILES string of the molecule is O=C1Cc2ccccc2N1.O=C1NCCN1. The molecule has 84 valence electrons. The average molecular weight is 219 g/mol. The molecule has 0 radical (unpaired) electrons. The summed E-state index contributed by atoms with van der Waals surface area (Å²) in [5.41, 5.74) is 2.07. The summed E-state index contributed by atoms with van der Waals surface area (Å²) in [6.45, 7) is 1.55. The van der Waals surface area contributed by atoms with Crippen LogP contribution < -0.4 is 16.0 Å². The van der Waals surface area contributed by atoms with E-state index in [1.54, 1.807) is 0 Å². The van der Waals surface area contributed by atoms with Crippen LogP contribution in [0.3, 0.4) is 0 Å². The van der Waals surface area contributed by atoms with Crippen molar-refractivity contribution in [3.05, 3.63) is 29.8 Å². The van der Waals surface area contributed by atoms with Crippen molar-refractivity contribution in [1.29, 1.82) is 0 Å². The number of para-hydroxylation sites is 1. The number of hydrogen-bond acceptors (Lipinski definition) is 2. The first kappa shape index (κ1) is 10.5. The normalized spacial score (nSPS) is 16.5. The topological polar surface area (TPSA) is 70.2 Å². The molecule has 3 rings (SSSR count). The molecule has 0 unspecified atom stereocenters. The minimum Gasteiger partial charge on any atom is -0.336 e. The highest BCUT2D eigenvalue weighted by atomic mass is 16.2. The molecular formula is C11H13N3O2. The first-order chi connectivity index (χ1) is 7.75. The van der Waals surface area contributed by atoms with E-state index >= 15 is 0 Å². The van der Waals surface area contributed by atoms with E-state index in [0.29, 0.717) is 6.42 Å². The van der Waals surface area contributed by atoms with E-state index in [1.807, 2.05) is 24.3 Å². The minimum absolute atomic E-state index is 0.0463. The van der Waals surface area contributed by atoms with Crippen molar-refractivity contribution in [3.8, 4) is 0 Å². The third-order valence-electron chi connectivity index (χ3n) is 2.34. The van der Waals surface area contributed by atoms with Crippen molar-refractivity contribution < 1.29 is 9.59 Å². The van der Waals surface area contributed by atoms with Crippen molar-refractivity contribution in [2.24, 2.45) is 0 Å². The van der Waals surface area contributed by atoms with Gasteiger partial charge < -0.3 is 16.0 Å². The number of amides is 3. The molecular weight excluding hydrogens is 206 g/mol. The fourth-order valence-electron chi connectivity index (χ4n) is 1.58. The largest absolute Gasteiger partial charge is 0.336 e. The number of nitrogens with one attached hydrogen (secondary N) is 3. The highest BCUT2D eigenvalue weighted by Gasteiger charge is 2.15. The molecule has 3 N–H and O–H groups in total. The summed E-state index contributed by atoms with van der Waals surface area (Å²) in [4.78, 5) is 20.8. The van der Waals surface area contributed by atoms with Gasteiger partial charge in [0.25, 0.3) is 0 Å². The average Bonchev–Trinajstić information content (AvgIpc) is 2.86. The predicted molar refractivity (Wildman–Crippen MR) is 60.2 cm³/mol. The van der Waals surface area contributed by atoms with Crippen molar-refractivity contribution >= 4 is 17.6 Å². The molecule has 1 saturated heterocycles. The van der Waals surface area contributed by atoms with Gasteiger partial charge in [-0.1, -0.05) is 18.2 Å². The van der Waals surface area contributed by atoms with Gasteiger partial charge in [-0.3, -0.25) is 4.79 Å². The number of urea groups is 1. The van der Waals surface area contributed by atoms with E-state index < -0.39 is 0 Å². The van der Waals surface area contributed by atoms with Crippen molar-refractivity contribution in [3.63, 3.8) is 0 Å². The Morgan fingerprint density at radius 2 is 1.69 bits per heavy atom. The smallest absolute Gasteiger partial charge is 0.314 e. The molecule has 5 nitrogen and oxygen atoms in total. The Labute approximate surface area is 93.2 Å². The fourth-order valence-corrected chi connectivity index (χ4v) is 1.58. The molecule has 0 aliphatic carbocycles. The number of rotatable bonds is 0. The fraction of sp³-hybridized carbons (Fsp3) is 0.273. The zero-order chi connectivity index (χ0) is 11.4. The summed E-state index contributed by atoms with van der Waals surface area (Å²) in [6, 6.07) is 7.70. The van der Waals surface area contributed by atoms with E-state index in [4.69, 9.17) is 0 Å². The van der Waals surface area contributed by atoms with Crippen LogP contribution in [0.25, 0.3) is 0 Å². The summed E-state index contributed by atoms with van der Waals surface area (Å²) in [6.07, 6.45) is 0.538. The molecule has 2 aliphatic rings. The maximum absolute atomic E-state index is 10.8. The Kier molecular flexibility index (Phi) is 3.05. The molecule has 3 amide bonds. The lowest BCUT2D eigenvalue weighted by molar-refractivity contribution is -0.115. The lowest BCUT2D eigenvalue weighted by Gasteiger charge is -1.93. The monoisotopic (exact) mass is 219 g/mol. The van der Waals surface area contributed by atoms with Crippen LogP contribution in [-0.4, -0.2) is 25.0 Å². The molecule has 2 heterocycles. The Morgan fingerprint density at radius 3 is 2.25 bits per heavy atom. The van der Waals surface area contributed by atoms with E-state index in [0.717, 1.165) is 24.3 Å². The van der Waals surface area contributed by atoms with Gasteiger partial charge in [0, 0.05) is 18.8 Å². The summed E-state index contributed by atoms with van der Waals surface area (Å²) >= 11 is 0. The maximum Gasteiger partial charge on any atom is 0.314 e. The highest BCUT2D eigenvalue weighted by Crippen LogP contribution is 2.20. The van der Waals surface area contributed by atoms with E-state index in [1.165, 1.54) is 0 Å². The molecule has 0 atom stereocenters. The van der Waals surface area contributed by atoms with Crippen LogP contribution in [0.5, 0.6) is 0 Å². The van der Waals surface area contributed by atoms with Gasteiger partial charge in [0.1, 0.15) is 0 Å². The molecule has 5 heteroatoms. The number of benzene rings is 1. The zero-order valence-electron chi connectivity index (χ0n) is 8.75. The number of carbonyl (C=O) groups is 2. The molecule has 1 fully saturated rings. The summed E-state index contributed by atoms with van der Waals surface area (Å²) in [5, 5.41) is 7.90. The minimum atomic E-state index is -0.0463. The van der Waals surface area contributed by atoms with Crippen LogP contribution in [0.1, 0.15) is 5.56 Å². The van der Waals surface area contributed by atoms with Crippen molar-refractivity contribution in [2.75, 3.05) is 18.4 Å². The Bertz CT molecular complexity index is 382. The standard InChI is InChI=1S/C8H7NO.C3H6N2O/c10-8-5-6-3-1-2-4-7(6)9-8;6-3-4-1-2-5-3/h1-4H,5H2,(H,9,10);1-2H2,(H2,4,5,6). The van der Waals surface area contributed by atoms with Gasteiger partial charge in [-0.2, -0.15) is 0 Å². The molecule has 2 aliphatic heterocycles. The van der Waals surface area contributed by atoms with Crippen molar-refractivity contribution in [1.82, 2.24) is 10.6 Å². The van der Waals surface area contributed by atoms with Gasteiger partial charge >= 0.3 is 6.03 Å². The van der Waals surface area contributed by atoms with Gasteiger partial charge in [-0.05, 0) is 11.6 Å². The van der Waals surface area contributed by atoms with E-state index in [2.05, 4.69) is 16.0 Å². The first-order valence-electron chi connectivity index (χ1n) is 5.15. The first-order valence-corrected chi connectivity index (χ1v) is 5.15. The second-order valence-corrected chi connectivity index (χ2v) is 3.56. The third kappa shape index (κ3) is 2.50. The third-order valence-corrected chi connectivity index (χ3v) is 2.34. The quantitative estimate of drug-likeness (QED) is 0.594. The summed E-state index contributed by atoms with van der Waals surface area (Å²) in [7, 11) is 0.